The van der Waals surface area contributed by atoms with Gasteiger partial charge in [-0.3, -0.25) is 14.4 Å². The first-order valence-corrected chi connectivity index (χ1v) is 13.3. The lowest BCUT2D eigenvalue weighted by atomic mass is 10.2. The zero-order valence-electron chi connectivity index (χ0n) is 18.2. The summed E-state index contributed by atoms with van der Waals surface area (Å²) >= 11 is 2.66. The van der Waals surface area contributed by atoms with Crippen LogP contribution in [0, 0.1) is 6.92 Å². The second-order valence-corrected chi connectivity index (χ2v) is 10.9. The van der Waals surface area contributed by atoms with Gasteiger partial charge in [0.05, 0.1) is 17.2 Å². The van der Waals surface area contributed by atoms with Gasteiger partial charge in [-0.05, 0) is 50.2 Å². The number of nitrogens with zero attached hydrogens (tertiary/aromatic N) is 3. The number of rotatable bonds is 11. The highest BCUT2D eigenvalue weighted by atomic mass is 32.2. The maximum Gasteiger partial charge on any atom is 0.264 e. The van der Waals surface area contributed by atoms with Crippen molar-refractivity contribution in [1.82, 2.24) is 10.2 Å². The van der Waals surface area contributed by atoms with Crippen molar-refractivity contribution in [1.29, 1.82) is 0 Å². The van der Waals surface area contributed by atoms with Crippen molar-refractivity contribution in [3.63, 3.8) is 0 Å². The maximum atomic E-state index is 13.4. The molecule has 0 saturated heterocycles. The number of sulfonamides is 1. The molecule has 3 aromatic rings. The quantitative estimate of drug-likeness (QED) is 0.235. The molecule has 2 aromatic carbocycles. The summed E-state index contributed by atoms with van der Waals surface area (Å²) in [5.74, 6) is 0.746. The summed E-state index contributed by atoms with van der Waals surface area (Å²) in [7, 11) is -4.01. The van der Waals surface area contributed by atoms with Gasteiger partial charge >= 0.3 is 0 Å². The highest BCUT2D eigenvalue weighted by Gasteiger charge is 2.27. The van der Waals surface area contributed by atoms with Crippen LogP contribution < -0.4 is 14.4 Å². The van der Waals surface area contributed by atoms with E-state index in [9.17, 15) is 13.2 Å². The number of carbonyl (C=O) groups is 1. The van der Waals surface area contributed by atoms with Gasteiger partial charge in [0, 0.05) is 5.75 Å². The highest BCUT2D eigenvalue weighted by Crippen LogP contribution is 2.28. The fourth-order valence-electron chi connectivity index (χ4n) is 2.77. The van der Waals surface area contributed by atoms with Crippen molar-refractivity contribution < 1.29 is 17.9 Å². The van der Waals surface area contributed by atoms with E-state index in [2.05, 4.69) is 22.1 Å². The average molecular weight is 505 g/mol. The van der Waals surface area contributed by atoms with Crippen LogP contribution in [0.2, 0.25) is 0 Å². The summed E-state index contributed by atoms with van der Waals surface area (Å²) in [5.41, 5.74) is 1.27. The number of carbonyl (C=O) groups excluding carboxylic acids is 1. The molecule has 0 radical (unpaired) electrons. The van der Waals surface area contributed by atoms with Gasteiger partial charge in [0.2, 0.25) is 11.0 Å². The Kier molecular flexibility index (Phi) is 8.48. The predicted molar refractivity (Wildman–Crippen MR) is 133 cm³/mol. The average Bonchev–Trinajstić information content (AvgIpc) is 3.24. The number of nitrogens with one attached hydrogen (secondary N) is 1. The van der Waals surface area contributed by atoms with Crippen molar-refractivity contribution in [2.24, 2.45) is 0 Å². The number of aromatic nitrogens is 2. The van der Waals surface area contributed by atoms with Crippen LogP contribution in [0.15, 0.2) is 70.4 Å². The van der Waals surface area contributed by atoms with E-state index in [1.165, 1.54) is 35.2 Å². The third kappa shape index (κ3) is 6.56. The van der Waals surface area contributed by atoms with Gasteiger partial charge in [-0.2, -0.15) is 0 Å². The second kappa shape index (κ2) is 11.3. The zero-order valence-corrected chi connectivity index (χ0v) is 20.7. The van der Waals surface area contributed by atoms with Crippen LogP contribution >= 0.6 is 23.1 Å². The Labute approximate surface area is 201 Å². The molecule has 1 amide bonds. The van der Waals surface area contributed by atoms with Crippen LogP contribution in [0.3, 0.4) is 0 Å². The van der Waals surface area contributed by atoms with Gasteiger partial charge in [-0.25, -0.2) is 8.42 Å². The number of ether oxygens (including phenoxy) is 1. The molecule has 1 aromatic heterocycles. The molecule has 0 spiro atoms. The molecule has 0 bridgehead atoms. The van der Waals surface area contributed by atoms with E-state index >= 15 is 0 Å². The fraction of sp³-hybridized carbons (Fsp3) is 0.227. The van der Waals surface area contributed by atoms with Gasteiger partial charge in [0.1, 0.15) is 12.3 Å². The van der Waals surface area contributed by atoms with Crippen LogP contribution in [-0.2, 0) is 14.8 Å². The topological polar surface area (TPSA) is 101 Å². The SMILES string of the molecule is C=CCSc1nnc(NC(=O)CN(c2ccc(OCC)cc2)S(=O)(=O)c2ccc(C)cc2)s1. The molecule has 8 nitrogen and oxygen atoms in total. The predicted octanol–water partition coefficient (Wildman–Crippen LogP) is 4.36. The first-order valence-electron chi connectivity index (χ1n) is 10.0. The molecule has 33 heavy (non-hydrogen) atoms. The normalized spacial score (nSPS) is 11.1. The van der Waals surface area contributed by atoms with Gasteiger partial charge in [0.25, 0.3) is 10.0 Å². The van der Waals surface area contributed by atoms with Gasteiger partial charge in [0.15, 0.2) is 4.34 Å². The smallest absolute Gasteiger partial charge is 0.264 e. The van der Waals surface area contributed by atoms with Crippen LogP contribution in [0.25, 0.3) is 0 Å². The summed E-state index contributed by atoms with van der Waals surface area (Å²) in [6.45, 7) is 7.45. The second-order valence-electron chi connectivity index (χ2n) is 6.77. The van der Waals surface area contributed by atoms with Crippen LogP contribution in [0.4, 0.5) is 10.8 Å². The largest absolute Gasteiger partial charge is 0.494 e. The summed E-state index contributed by atoms with van der Waals surface area (Å²) < 4.78 is 34.1. The molecule has 0 aliphatic heterocycles. The Morgan fingerprint density at radius 3 is 2.52 bits per heavy atom. The molecule has 0 unspecified atom stereocenters. The molecule has 0 aliphatic carbocycles. The molecule has 1 N–H and O–H groups in total. The third-order valence-corrected chi connectivity index (χ3v) is 8.07. The number of thioether (sulfide) groups is 1. The fourth-order valence-corrected chi connectivity index (χ4v) is 5.72. The van der Waals surface area contributed by atoms with Gasteiger partial charge in [-0.15, -0.1) is 16.8 Å². The molecule has 3 rings (SSSR count). The number of hydrogen-bond donors (Lipinski definition) is 1. The number of anilines is 2. The van der Waals surface area contributed by atoms with Crippen molar-refractivity contribution in [3.8, 4) is 5.75 Å². The number of benzene rings is 2. The minimum Gasteiger partial charge on any atom is -0.494 e. The van der Waals surface area contributed by atoms with E-state index in [-0.39, 0.29) is 4.90 Å². The first kappa shape index (κ1) is 24.7. The minimum atomic E-state index is -4.01. The monoisotopic (exact) mass is 504 g/mol. The van der Waals surface area contributed by atoms with E-state index in [0.29, 0.717) is 33.3 Å². The molecular formula is C22H24N4O4S3. The third-order valence-electron chi connectivity index (χ3n) is 4.31. The molecule has 0 saturated carbocycles. The lowest BCUT2D eigenvalue weighted by Crippen LogP contribution is -2.38. The number of aryl methyl sites for hydroxylation is 1. The van der Waals surface area contributed by atoms with Crippen molar-refractivity contribution >= 4 is 49.8 Å². The van der Waals surface area contributed by atoms with Crippen LogP contribution in [0.5, 0.6) is 5.75 Å². The van der Waals surface area contributed by atoms with E-state index in [4.69, 9.17) is 4.74 Å². The Bertz CT molecular complexity index is 1190. The summed E-state index contributed by atoms with van der Waals surface area (Å²) in [6, 6.07) is 13.0. The summed E-state index contributed by atoms with van der Waals surface area (Å²) in [5, 5.41) is 10.9. The molecule has 174 valence electrons. The number of amides is 1. The van der Waals surface area contributed by atoms with E-state index in [1.807, 2.05) is 13.8 Å². The lowest BCUT2D eigenvalue weighted by molar-refractivity contribution is -0.114. The van der Waals surface area contributed by atoms with Crippen molar-refractivity contribution in [2.45, 2.75) is 23.1 Å². The lowest BCUT2D eigenvalue weighted by Gasteiger charge is -2.24. The highest BCUT2D eigenvalue weighted by molar-refractivity contribution is 8.01. The van der Waals surface area contributed by atoms with Crippen LogP contribution in [0.1, 0.15) is 12.5 Å². The number of hydrogen-bond acceptors (Lipinski definition) is 8. The molecule has 0 atom stereocenters. The van der Waals surface area contributed by atoms with Crippen molar-refractivity contribution in [3.05, 3.63) is 66.7 Å². The standard InChI is InChI=1S/C22H24N4O4S3/c1-4-14-31-22-25-24-21(32-22)23-20(27)15-26(17-8-10-18(11-9-17)30-5-2)33(28,29)19-12-6-16(3)7-13-19/h4,6-13H,1,5,14-15H2,2-3H3,(H,23,24,27). The van der Waals surface area contributed by atoms with E-state index in [0.717, 1.165) is 9.87 Å². The maximum absolute atomic E-state index is 13.4. The Morgan fingerprint density at radius 1 is 1.18 bits per heavy atom. The van der Waals surface area contributed by atoms with Gasteiger partial charge in [-0.1, -0.05) is 46.9 Å². The molecular weight excluding hydrogens is 480 g/mol. The zero-order chi connectivity index (χ0) is 23.8. The molecule has 11 heteroatoms. The summed E-state index contributed by atoms with van der Waals surface area (Å²) in [4.78, 5) is 12.9. The molecule has 1 heterocycles. The Balaban J connectivity index is 1.86. The molecule has 0 fully saturated rings. The van der Waals surface area contributed by atoms with Gasteiger partial charge < -0.3 is 4.74 Å². The Hall–Kier alpha value is -2.89. The summed E-state index contributed by atoms with van der Waals surface area (Å²) in [6.07, 6.45) is 1.74. The first-order chi connectivity index (χ1) is 15.8. The van der Waals surface area contributed by atoms with Crippen LogP contribution in [-0.4, -0.2) is 43.4 Å². The van der Waals surface area contributed by atoms with E-state index < -0.39 is 22.5 Å². The van der Waals surface area contributed by atoms with Crippen molar-refractivity contribution in [2.75, 3.05) is 28.5 Å². The molecule has 0 aliphatic rings. The van der Waals surface area contributed by atoms with E-state index in [1.54, 1.807) is 42.5 Å². The minimum absolute atomic E-state index is 0.0915. The Morgan fingerprint density at radius 2 is 1.88 bits per heavy atom.